The van der Waals surface area contributed by atoms with Crippen LogP contribution in [0.5, 0.6) is 0 Å². The van der Waals surface area contributed by atoms with Crippen LogP contribution >= 0.6 is 0 Å². The molecule has 0 N–H and O–H groups in total. The standard InChI is InChI=1S/C68H43N3/c1-5-19-46(20-6-1)65-66(47-21-7-2-8-22-47)71(51-27-11-4-12-28-51)67(69-65)48-37-35-44(36-38-48)49-39-40-62-56(41-49)57-42-61-55(43-63(57)70(62)50-25-9-3-10-26-50)54-31-17-23-45-24-18-34-60(64(45)54)68(61)58-32-15-13-29-52(58)53-30-14-16-33-59(53)68/h1-43H. The Balaban J connectivity index is 0.955. The molecule has 15 rings (SSSR count). The van der Waals surface area contributed by atoms with Crippen LogP contribution in [0.1, 0.15) is 22.3 Å². The molecule has 2 aliphatic rings. The van der Waals surface area contributed by atoms with Crippen molar-refractivity contribution >= 4 is 32.6 Å². The van der Waals surface area contributed by atoms with Gasteiger partial charge in [0.1, 0.15) is 5.82 Å². The van der Waals surface area contributed by atoms with E-state index in [0.29, 0.717) is 0 Å². The van der Waals surface area contributed by atoms with E-state index in [1.807, 2.05) is 0 Å². The van der Waals surface area contributed by atoms with Crippen LogP contribution in [0.2, 0.25) is 0 Å². The first-order chi connectivity index (χ1) is 35.2. The molecule has 0 radical (unpaired) electrons. The average molecular weight is 902 g/mol. The molecule has 0 aliphatic heterocycles. The van der Waals surface area contributed by atoms with Crippen molar-refractivity contribution in [2.45, 2.75) is 5.41 Å². The third kappa shape index (κ3) is 5.69. The van der Waals surface area contributed by atoms with Gasteiger partial charge in [-0.15, -0.1) is 0 Å². The van der Waals surface area contributed by atoms with Crippen molar-refractivity contribution in [3.05, 3.63) is 283 Å². The average Bonchev–Trinajstić information content (AvgIpc) is 4.10. The Morgan fingerprint density at radius 1 is 0.310 bits per heavy atom. The van der Waals surface area contributed by atoms with Crippen LogP contribution in [0.3, 0.4) is 0 Å². The molecular weight excluding hydrogens is 859 g/mol. The van der Waals surface area contributed by atoms with Gasteiger partial charge in [0.2, 0.25) is 0 Å². The Hall–Kier alpha value is -9.31. The summed E-state index contributed by atoms with van der Waals surface area (Å²) >= 11 is 0. The fourth-order valence-electron chi connectivity index (χ4n) is 12.4. The van der Waals surface area contributed by atoms with E-state index in [4.69, 9.17) is 4.98 Å². The Labute approximate surface area is 411 Å². The van der Waals surface area contributed by atoms with Crippen LogP contribution in [0.25, 0.3) is 111 Å². The summed E-state index contributed by atoms with van der Waals surface area (Å²) in [6.07, 6.45) is 0. The molecule has 11 aromatic carbocycles. The van der Waals surface area contributed by atoms with Crippen molar-refractivity contribution in [1.29, 1.82) is 0 Å². The van der Waals surface area contributed by atoms with Crippen molar-refractivity contribution in [1.82, 2.24) is 14.1 Å². The van der Waals surface area contributed by atoms with Crippen LogP contribution in [-0.4, -0.2) is 14.1 Å². The zero-order valence-corrected chi connectivity index (χ0v) is 38.7. The molecule has 0 saturated heterocycles. The number of rotatable bonds is 6. The zero-order valence-electron chi connectivity index (χ0n) is 38.7. The first kappa shape index (κ1) is 39.7. The fourth-order valence-corrected chi connectivity index (χ4v) is 12.4. The van der Waals surface area contributed by atoms with Gasteiger partial charge < -0.3 is 4.57 Å². The smallest absolute Gasteiger partial charge is 0.145 e. The molecule has 3 nitrogen and oxygen atoms in total. The van der Waals surface area contributed by atoms with Gasteiger partial charge in [0.25, 0.3) is 0 Å². The van der Waals surface area contributed by atoms with Crippen molar-refractivity contribution in [2.75, 3.05) is 0 Å². The minimum Gasteiger partial charge on any atom is -0.309 e. The molecule has 0 bridgehead atoms. The number of imidazole rings is 1. The summed E-state index contributed by atoms with van der Waals surface area (Å²) < 4.78 is 4.80. The number of nitrogens with zero attached hydrogens (tertiary/aromatic N) is 3. The molecule has 13 aromatic rings. The van der Waals surface area contributed by atoms with Crippen molar-refractivity contribution in [2.24, 2.45) is 0 Å². The van der Waals surface area contributed by atoms with Crippen LogP contribution in [0.4, 0.5) is 0 Å². The Bertz CT molecular complexity index is 4190. The first-order valence-electron chi connectivity index (χ1n) is 24.5. The highest BCUT2D eigenvalue weighted by atomic mass is 15.1. The van der Waals surface area contributed by atoms with Crippen molar-refractivity contribution < 1.29 is 0 Å². The summed E-state index contributed by atoms with van der Waals surface area (Å²) in [4.78, 5) is 5.49. The molecule has 0 unspecified atom stereocenters. The molecule has 71 heavy (non-hydrogen) atoms. The molecule has 2 heterocycles. The molecule has 0 amide bonds. The summed E-state index contributed by atoms with van der Waals surface area (Å²) in [6, 6.07) is 95.8. The summed E-state index contributed by atoms with van der Waals surface area (Å²) in [5.41, 5.74) is 22.2. The maximum atomic E-state index is 5.49. The topological polar surface area (TPSA) is 22.8 Å². The van der Waals surface area contributed by atoms with Gasteiger partial charge in [-0.25, -0.2) is 4.98 Å². The maximum Gasteiger partial charge on any atom is 0.145 e. The van der Waals surface area contributed by atoms with Gasteiger partial charge in [-0.1, -0.05) is 212 Å². The highest BCUT2D eigenvalue weighted by Gasteiger charge is 2.50. The lowest BCUT2D eigenvalue weighted by Crippen LogP contribution is -2.31. The van der Waals surface area contributed by atoms with Gasteiger partial charge in [-0.3, -0.25) is 4.57 Å². The third-order valence-electron chi connectivity index (χ3n) is 15.3. The van der Waals surface area contributed by atoms with E-state index < -0.39 is 5.41 Å². The maximum absolute atomic E-state index is 5.49. The molecule has 330 valence electrons. The molecule has 0 fully saturated rings. The molecule has 0 saturated carbocycles. The van der Waals surface area contributed by atoms with E-state index in [2.05, 4.69) is 270 Å². The minimum absolute atomic E-state index is 0.509. The fraction of sp³-hybridized carbons (Fsp3) is 0.0147. The Morgan fingerprint density at radius 3 is 1.51 bits per heavy atom. The lowest BCUT2D eigenvalue weighted by Gasteiger charge is -2.40. The monoisotopic (exact) mass is 901 g/mol. The van der Waals surface area contributed by atoms with Gasteiger partial charge in [0, 0.05) is 38.8 Å². The van der Waals surface area contributed by atoms with E-state index in [9.17, 15) is 0 Å². The van der Waals surface area contributed by atoms with Crippen LogP contribution < -0.4 is 0 Å². The molecule has 0 atom stereocenters. The Morgan fingerprint density at radius 2 is 0.831 bits per heavy atom. The largest absolute Gasteiger partial charge is 0.309 e. The molecule has 1 spiro atoms. The number of para-hydroxylation sites is 2. The molecule has 3 heteroatoms. The second-order valence-electron chi connectivity index (χ2n) is 19.0. The predicted molar refractivity (Wildman–Crippen MR) is 293 cm³/mol. The lowest BCUT2D eigenvalue weighted by atomic mass is 9.61. The summed E-state index contributed by atoms with van der Waals surface area (Å²) in [7, 11) is 0. The van der Waals surface area contributed by atoms with Crippen LogP contribution in [0.15, 0.2) is 261 Å². The summed E-state index contributed by atoms with van der Waals surface area (Å²) in [5, 5.41) is 5.06. The first-order valence-corrected chi connectivity index (χ1v) is 24.5. The number of fused-ring (bicyclic) bond motifs is 12. The minimum atomic E-state index is -0.509. The quantitative estimate of drug-likeness (QED) is 0.163. The van der Waals surface area contributed by atoms with Gasteiger partial charge in [0.15, 0.2) is 0 Å². The third-order valence-corrected chi connectivity index (χ3v) is 15.3. The van der Waals surface area contributed by atoms with E-state index >= 15 is 0 Å². The Kier molecular flexibility index (Phi) is 8.57. The molecule has 2 aliphatic carbocycles. The van der Waals surface area contributed by atoms with Crippen molar-refractivity contribution in [3.8, 4) is 78.7 Å². The van der Waals surface area contributed by atoms with E-state index in [0.717, 1.165) is 56.4 Å². The van der Waals surface area contributed by atoms with Crippen molar-refractivity contribution in [3.63, 3.8) is 0 Å². The molecular formula is C68H43N3. The normalized spacial score (nSPS) is 12.9. The van der Waals surface area contributed by atoms with E-state index in [1.165, 1.54) is 77.1 Å². The summed E-state index contributed by atoms with van der Waals surface area (Å²) in [5.74, 6) is 0.896. The highest BCUT2D eigenvalue weighted by Crippen LogP contribution is 2.62. The van der Waals surface area contributed by atoms with Gasteiger partial charge in [0.05, 0.1) is 27.8 Å². The van der Waals surface area contributed by atoms with E-state index in [-0.39, 0.29) is 0 Å². The highest BCUT2D eigenvalue weighted by molar-refractivity contribution is 6.15. The predicted octanol–water partition coefficient (Wildman–Crippen LogP) is 17.1. The number of hydrogen-bond acceptors (Lipinski definition) is 1. The number of hydrogen-bond donors (Lipinski definition) is 0. The zero-order chi connectivity index (χ0) is 46.6. The van der Waals surface area contributed by atoms with Gasteiger partial charge in [-0.2, -0.15) is 0 Å². The number of benzene rings is 11. The second kappa shape index (κ2) is 15.3. The second-order valence-corrected chi connectivity index (χ2v) is 19.0. The van der Waals surface area contributed by atoms with Crippen LogP contribution in [0, 0.1) is 0 Å². The summed E-state index contributed by atoms with van der Waals surface area (Å²) in [6.45, 7) is 0. The van der Waals surface area contributed by atoms with Gasteiger partial charge >= 0.3 is 0 Å². The van der Waals surface area contributed by atoms with Crippen LogP contribution in [-0.2, 0) is 5.41 Å². The number of aromatic nitrogens is 3. The van der Waals surface area contributed by atoms with Gasteiger partial charge in [-0.05, 0) is 115 Å². The molecule has 2 aromatic heterocycles. The SMILES string of the molecule is c1ccc(-c2nc(-c3ccc(-c4ccc5c(c4)c4cc6c(cc4n5-c4ccccc4)-c4cccc5cccc(c45)C64c5ccccc5-c5ccccc54)cc3)n(-c3ccccc3)c2-c2ccccc2)cc1. The lowest BCUT2D eigenvalue weighted by molar-refractivity contribution is 0.775. The van der Waals surface area contributed by atoms with E-state index in [1.54, 1.807) is 0 Å².